The number of hydrogen-bond acceptors (Lipinski definition) is 5. The summed E-state index contributed by atoms with van der Waals surface area (Å²) >= 11 is 0. The second-order valence-corrected chi connectivity index (χ2v) is 7.94. The molecule has 0 fully saturated rings. The zero-order valence-corrected chi connectivity index (χ0v) is 18.1. The average Bonchev–Trinajstić information content (AvgIpc) is 2.85. The minimum Gasteiger partial charge on any atom is -0.486 e. The van der Waals surface area contributed by atoms with Gasteiger partial charge >= 0.3 is 0 Å². The molecule has 0 saturated carbocycles. The summed E-state index contributed by atoms with van der Waals surface area (Å²) in [6, 6.07) is 20.6. The van der Waals surface area contributed by atoms with Crippen molar-refractivity contribution in [2.24, 2.45) is 0 Å². The van der Waals surface area contributed by atoms with Crippen LogP contribution in [0.15, 0.2) is 66.7 Å². The Labute approximate surface area is 191 Å². The lowest BCUT2D eigenvalue weighted by molar-refractivity contribution is -0.118. The number of benzene rings is 3. The van der Waals surface area contributed by atoms with E-state index in [4.69, 9.17) is 14.2 Å². The van der Waals surface area contributed by atoms with Crippen molar-refractivity contribution in [1.29, 1.82) is 0 Å². The highest BCUT2D eigenvalue weighted by molar-refractivity contribution is 5.97. The van der Waals surface area contributed by atoms with E-state index in [2.05, 4.69) is 5.32 Å². The second kappa shape index (κ2) is 9.24. The van der Waals surface area contributed by atoms with Gasteiger partial charge in [-0.25, -0.2) is 0 Å². The highest BCUT2D eigenvalue weighted by Crippen LogP contribution is 2.33. The van der Waals surface area contributed by atoms with Gasteiger partial charge in [-0.1, -0.05) is 36.4 Å². The molecular formula is C26H24N2O5. The monoisotopic (exact) mass is 444 g/mol. The van der Waals surface area contributed by atoms with Gasteiger partial charge in [-0.3, -0.25) is 9.59 Å². The number of fused-ring (bicyclic) bond motifs is 2. The number of rotatable bonds is 6. The summed E-state index contributed by atoms with van der Waals surface area (Å²) in [5.41, 5.74) is 3.17. The van der Waals surface area contributed by atoms with Crippen molar-refractivity contribution in [3.8, 4) is 17.2 Å². The van der Waals surface area contributed by atoms with Gasteiger partial charge in [-0.15, -0.1) is 0 Å². The van der Waals surface area contributed by atoms with Crippen molar-refractivity contribution in [3.63, 3.8) is 0 Å². The molecule has 0 saturated heterocycles. The van der Waals surface area contributed by atoms with E-state index in [-0.39, 0.29) is 18.4 Å². The minimum absolute atomic E-state index is 0.0220. The second-order valence-electron chi connectivity index (χ2n) is 7.94. The Morgan fingerprint density at radius 1 is 0.970 bits per heavy atom. The van der Waals surface area contributed by atoms with Crippen LogP contribution in [0.25, 0.3) is 0 Å². The van der Waals surface area contributed by atoms with Crippen molar-refractivity contribution < 1.29 is 23.8 Å². The Bertz CT molecular complexity index is 1180. The van der Waals surface area contributed by atoms with Crippen LogP contribution < -0.4 is 19.5 Å². The van der Waals surface area contributed by atoms with Crippen LogP contribution in [0.2, 0.25) is 0 Å². The first-order valence-corrected chi connectivity index (χ1v) is 10.9. The maximum absolute atomic E-state index is 13.0. The van der Waals surface area contributed by atoms with Crippen LogP contribution in [0.4, 0.5) is 5.69 Å². The number of nitrogens with one attached hydrogen (secondary N) is 1. The normalized spacial score (nSPS) is 14.4. The molecule has 7 nitrogen and oxygen atoms in total. The van der Waals surface area contributed by atoms with E-state index in [9.17, 15) is 9.59 Å². The number of carbonyl (C=O) groups is 2. The van der Waals surface area contributed by atoms with E-state index in [1.807, 2.05) is 41.3 Å². The number of ether oxygens (including phenoxy) is 3. The standard InChI is InChI=1S/C26H24N2O5/c29-25(27-19-9-10-23-24(15-19)32-14-13-31-23)17-33-22-8-4-7-21-20(22)11-12-28(26(21)30)16-18-5-2-1-3-6-18/h1-10,15H,11-14,16-17H2,(H,27,29). The fourth-order valence-electron chi connectivity index (χ4n) is 4.09. The summed E-state index contributed by atoms with van der Waals surface area (Å²) in [5, 5.41) is 2.81. The predicted molar refractivity (Wildman–Crippen MR) is 123 cm³/mol. The molecule has 3 aromatic rings. The van der Waals surface area contributed by atoms with Crippen LogP contribution >= 0.6 is 0 Å². The molecule has 2 aliphatic rings. The van der Waals surface area contributed by atoms with Crippen molar-refractivity contribution in [3.05, 3.63) is 83.4 Å². The van der Waals surface area contributed by atoms with Crippen LogP contribution in [0.1, 0.15) is 21.5 Å². The van der Waals surface area contributed by atoms with E-state index in [0.717, 1.165) is 11.1 Å². The van der Waals surface area contributed by atoms with Gasteiger partial charge in [0.1, 0.15) is 19.0 Å². The van der Waals surface area contributed by atoms with Gasteiger partial charge in [0.15, 0.2) is 18.1 Å². The molecule has 2 amide bonds. The Morgan fingerprint density at radius 2 is 1.79 bits per heavy atom. The molecule has 0 bridgehead atoms. The largest absolute Gasteiger partial charge is 0.486 e. The molecule has 0 aliphatic carbocycles. The number of hydrogen-bond donors (Lipinski definition) is 1. The molecule has 0 atom stereocenters. The quantitative estimate of drug-likeness (QED) is 0.628. The van der Waals surface area contributed by atoms with Crippen LogP contribution in [-0.2, 0) is 17.8 Å². The van der Waals surface area contributed by atoms with Gasteiger partial charge in [0.05, 0.1) is 0 Å². The van der Waals surface area contributed by atoms with Gasteiger partial charge in [0.25, 0.3) is 11.8 Å². The lowest BCUT2D eigenvalue weighted by Gasteiger charge is -2.29. The molecule has 168 valence electrons. The summed E-state index contributed by atoms with van der Waals surface area (Å²) < 4.78 is 16.9. The molecule has 0 spiro atoms. The van der Waals surface area contributed by atoms with Gasteiger partial charge < -0.3 is 24.4 Å². The SMILES string of the molecule is O=C(COc1cccc2c1CCN(Cc1ccccc1)C2=O)Nc1ccc2c(c1)OCCO2. The summed E-state index contributed by atoms with van der Waals surface area (Å²) in [5.74, 6) is 1.52. The number of amides is 2. The lowest BCUT2D eigenvalue weighted by Crippen LogP contribution is -2.37. The van der Waals surface area contributed by atoms with E-state index in [0.29, 0.717) is 61.2 Å². The molecule has 0 radical (unpaired) electrons. The minimum atomic E-state index is -0.294. The number of carbonyl (C=O) groups excluding carboxylic acids is 2. The van der Waals surface area contributed by atoms with Gasteiger partial charge in [-0.05, 0) is 36.2 Å². The lowest BCUT2D eigenvalue weighted by atomic mass is 9.97. The van der Waals surface area contributed by atoms with Gasteiger partial charge in [0.2, 0.25) is 0 Å². The highest BCUT2D eigenvalue weighted by atomic mass is 16.6. The van der Waals surface area contributed by atoms with E-state index < -0.39 is 0 Å². The molecule has 2 aliphatic heterocycles. The van der Waals surface area contributed by atoms with Crippen molar-refractivity contribution in [2.45, 2.75) is 13.0 Å². The number of anilines is 1. The van der Waals surface area contributed by atoms with E-state index >= 15 is 0 Å². The number of nitrogens with zero attached hydrogens (tertiary/aromatic N) is 1. The smallest absolute Gasteiger partial charge is 0.262 e. The van der Waals surface area contributed by atoms with Gasteiger partial charge in [-0.2, -0.15) is 0 Å². The molecule has 33 heavy (non-hydrogen) atoms. The third-order valence-corrected chi connectivity index (χ3v) is 5.68. The first-order chi connectivity index (χ1) is 16.2. The third kappa shape index (κ3) is 4.62. The molecule has 3 aromatic carbocycles. The Hall–Kier alpha value is -4.00. The molecule has 0 aromatic heterocycles. The van der Waals surface area contributed by atoms with Crippen LogP contribution in [-0.4, -0.2) is 43.1 Å². The Kier molecular flexibility index (Phi) is 5.85. The Balaban J connectivity index is 1.22. The third-order valence-electron chi connectivity index (χ3n) is 5.68. The highest BCUT2D eigenvalue weighted by Gasteiger charge is 2.27. The summed E-state index contributed by atoms with van der Waals surface area (Å²) in [4.78, 5) is 27.3. The summed E-state index contributed by atoms with van der Waals surface area (Å²) in [7, 11) is 0. The molecular weight excluding hydrogens is 420 g/mol. The molecule has 2 heterocycles. The summed E-state index contributed by atoms with van der Waals surface area (Å²) in [6.45, 7) is 2.01. The fraction of sp³-hybridized carbons (Fsp3) is 0.231. The molecule has 0 unspecified atom stereocenters. The van der Waals surface area contributed by atoms with Crippen LogP contribution in [0.3, 0.4) is 0 Å². The van der Waals surface area contributed by atoms with Crippen molar-refractivity contribution in [1.82, 2.24) is 4.90 Å². The Morgan fingerprint density at radius 3 is 2.64 bits per heavy atom. The van der Waals surface area contributed by atoms with Crippen LogP contribution in [0.5, 0.6) is 17.2 Å². The van der Waals surface area contributed by atoms with Crippen LogP contribution in [0, 0.1) is 0 Å². The average molecular weight is 444 g/mol. The summed E-state index contributed by atoms with van der Waals surface area (Å²) in [6.07, 6.45) is 0.674. The fourth-order valence-corrected chi connectivity index (χ4v) is 4.09. The van der Waals surface area contributed by atoms with E-state index in [1.54, 1.807) is 30.3 Å². The topological polar surface area (TPSA) is 77.1 Å². The van der Waals surface area contributed by atoms with Gasteiger partial charge in [0, 0.05) is 36.0 Å². The van der Waals surface area contributed by atoms with Crippen molar-refractivity contribution in [2.75, 3.05) is 31.7 Å². The first kappa shape index (κ1) is 20.9. The molecule has 7 heteroatoms. The zero-order valence-electron chi connectivity index (χ0n) is 18.1. The maximum Gasteiger partial charge on any atom is 0.262 e. The molecule has 5 rings (SSSR count). The maximum atomic E-state index is 13.0. The van der Waals surface area contributed by atoms with Crippen molar-refractivity contribution >= 4 is 17.5 Å². The van der Waals surface area contributed by atoms with E-state index in [1.165, 1.54) is 0 Å². The first-order valence-electron chi connectivity index (χ1n) is 10.9. The molecule has 1 N–H and O–H groups in total. The zero-order chi connectivity index (χ0) is 22.6. The predicted octanol–water partition coefficient (Wildman–Crippen LogP) is 3.67.